The van der Waals surface area contributed by atoms with E-state index < -0.39 is 0 Å². The molecule has 0 bridgehead atoms. The van der Waals surface area contributed by atoms with Crippen LogP contribution < -0.4 is 10.6 Å². The number of amides is 1. The Hall–Kier alpha value is -1.26. The molecule has 1 aliphatic rings. The summed E-state index contributed by atoms with van der Waals surface area (Å²) < 4.78 is 0. The van der Waals surface area contributed by atoms with Gasteiger partial charge in [-0.25, -0.2) is 0 Å². The molecule has 17 heavy (non-hydrogen) atoms. The highest BCUT2D eigenvalue weighted by molar-refractivity contribution is 6.30. The molecule has 0 aliphatic carbocycles. The molecule has 0 atom stereocenters. The van der Waals surface area contributed by atoms with Crippen molar-refractivity contribution in [2.45, 2.75) is 0 Å². The summed E-state index contributed by atoms with van der Waals surface area (Å²) in [5, 5.41) is 6.98. The molecule has 1 aromatic carbocycles. The SMILES string of the molecule is O=C(CNc1cccc(Cl)c1)N1CCNCC1. The highest BCUT2D eigenvalue weighted by atomic mass is 35.5. The second-order valence-electron chi connectivity index (χ2n) is 3.99. The number of nitrogens with zero attached hydrogens (tertiary/aromatic N) is 1. The first kappa shape index (κ1) is 12.2. The van der Waals surface area contributed by atoms with Crippen LogP contribution in [0.5, 0.6) is 0 Å². The zero-order chi connectivity index (χ0) is 12.1. The van der Waals surface area contributed by atoms with E-state index in [0.717, 1.165) is 31.9 Å². The third-order valence-corrected chi connectivity index (χ3v) is 2.97. The number of hydrogen-bond donors (Lipinski definition) is 2. The largest absolute Gasteiger partial charge is 0.376 e. The molecule has 1 aromatic rings. The Labute approximate surface area is 106 Å². The first-order valence-electron chi connectivity index (χ1n) is 5.73. The highest BCUT2D eigenvalue weighted by Crippen LogP contribution is 2.14. The van der Waals surface area contributed by atoms with Crippen molar-refractivity contribution in [1.29, 1.82) is 0 Å². The molecule has 0 spiro atoms. The predicted octanol–water partition coefficient (Wildman–Crippen LogP) is 1.18. The summed E-state index contributed by atoms with van der Waals surface area (Å²) in [5.41, 5.74) is 0.876. The van der Waals surface area contributed by atoms with Crippen molar-refractivity contribution in [1.82, 2.24) is 10.2 Å². The van der Waals surface area contributed by atoms with Gasteiger partial charge in [-0.15, -0.1) is 0 Å². The lowest BCUT2D eigenvalue weighted by atomic mass is 10.3. The minimum Gasteiger partial charge on any atom is -0.376 e. The van der Waals surface area contributed by atoms with E-state index in [1.807, 2.05) is 29.2 Å². The van der Waals surface area contributed by atoms with Gasteiger partial charge in [0.2, 0.25) is 5.91 Å². The maximum atomic E-state index is 11.9. The monoisotopic (exact) mass is 253 g/mol. The molecule has 1 amide bonds. The van der Waals surface area contributed by atoms with Gasteiger partial charge in [-0.05, 0) is 18.2 Å². The second kappa shape index (κ2) is 5.89. The normalized spacial score (nSPS) is 15.7. The number of hydrogen-bond acceptors (Lipinski definition) is 3. The first-order chi connectivity index (χ1) is 8.25. The molecule has 92 valence electrons. The van der Waals surface area contributed by atoms with Crippen LogP contribution in [-0.4, -0.2) is 43.5 Å². The topological polar surface area (TPSA) is 44.4 Å². The van der Waals surface area contributed by atoms with Gasteiger partial charge in [0, 0.05) is 36.9 Å². The van der Waals surface area contributed by atoms with Crippen LogP contribution in [0.15, 0.2) is 24.3 Å². The summed E-state index contributed by atoms with van der Waals surface area (Å²) in [4.78, 5) is 13.7. The summed E-state index contributed by atoms with van der Waals surface area (Å²) in [5.74, 6) is 0.131. The second-order valence-corrected chi connectivity index (χ2v) is 4.43. The number of benzene rings is 1. The summed E-state index contributed by atoms with van der Waals surface area (Å²) >= 11 is 5.87. The standard InChI is InChI=1S/C12H16ClN3O/c13-10-2-1-3-11(8-10)15-9-12(17)16-6-4-14-5-7-16/h1-3,8,14-15H,4-7,9H2. The molecule has 1 heterocycles. The van der Waals surface area contributed by atoms with Crippen molar-refractivity contribution in [2.75, 3.05) is 38.0 Å². The van der Waals surface area contributed by atoms with Crippen LogP contribution in [0, 0.1) is 0 Å². The fourth-order valence-electron chi connectivity index (χ4n) is 1.80. The van der Waals surface area contributed by atoms with E-state index in [9.17, 15) is 4.79 Å². The molecular formula is C12H16ClN3O. The van der Waals surface area contributed by atoms with E-state index in [1.165, 1.54) is 0 Å². The number of carbonyl (C=O) groups excluding carboxylic acids is 1. The Morgan fingerprint density at radius 2 is 2.18 bits per heavy atom. The molecule has 0 radical (unpaired) electrons. The molecule has 0 aromatic heterocycles. The summed E-state index contributed by atoms with van der Waals surface area (Å²) in [6.45, 7) is 3.65. The quantitative estimate of drug-likeness (QED) is 0.851. The Morgan fingerprint density at radius 1 is 1.41 bits per heavy atom. The van der Waals surface area contributed by atoms with Crippen molar-refractivity contribution in [3.05, 3.63) is 29.3 Å². The van der Waals surface area contributed by atoms with Crippen LogP contribution in [0.4, 0.5) is 5.69 Å². The third kappa shape index (κ3) is 3.61. The number of nitrogens with one attached hydrogen (secondary N) is 2. The van der Waals surface area contributed by atoms with Gasteiger partial charge in [-0.1, -0.05) is 17.7 Å². The van der Waals surface area contributed by atoms with Crippen LogP contribution >= 0.6 is 11.6 Å². The average molecular weight is 254 g/mol. The van der Waals surface area contributed by atoms with Gasteiger partial charge < -0.3 is 15.5 Å². The maximum Gasteiger partial charge on any atom is 0.241 e. The predicted molar refractivity (Wildman–Crippen MR) is 69.4 cm³/mol. The summed E-state index contributed by atoms with van der Waals surface area (Å²) in [6, 6.07) is 7.38. The lowest BCUT2D eigenvalue weighted by Crippen LogP contribution is -2.48. The fraction of sp³-hybridized carbons (Fsp3) is 0.417. The molecule has 0 saturated carbocycles. The Morgan fingerprint density at radius 3 is 2.88 bits per heavy atom. The zero-order valence-electron chi connectivity index (χ0n) is 9.58. The number of carbonyl (C=O) groups is 1. The van der Waals surface area contributed by atoms with E-state index in [1.54, 1.807) is 0 Å². The molecular weight excluding hydrogens is 238 g/mol. The van der Waals surface area contributed by atoms with Gasteiger partial charge in [0.1, 0.15) is 0 Å². The Kier molecular flexibility index (Phi) is 4.23. The van der Waals surface area contributed by atoms with E-state index in [0.29, 0.717) is 11.6 Å². The fourth-order valence-corrected chi connectivity index (χ4v) is 1.99. The lowest BCUT2D eigenvalue weighted by molar-refractivity contribution is -0.129. The molecule has 1 saturated heterocycles. The van der Waals surface area contributed by atoms with E-state index in [4.69, 9.17) is 11.6 Å². The van der Waals surface area contributed by atoms with E-state index in [-0.39, 0.29) is 5.91 Å². The van der Waals surface area contributed by atoms with Gasteiger partial charge in [-0.2, -0.15) is 0 Å². The number of anilines is 1. The molecule has 5 heteroatoms. The zero-order valence-corrected chi connectivity index (χ0v) is 10.3. The molecule has 2 N–H and O–H groups in total. The summed E-state index contributed by atoms with van der Waals surface area (Å²) in [7, 11) is 0. The smallest absolute Gasteiger partial charge is 0.241 e. The Balaban J connectivity index is 1.83. The number of piperazine rings is 1. The van der Waals surface area contributed by atoms with Crippen LogP contribution in [0.2, 0.25) is 5.02 Å². The van der Waals surface area contributed by atoms with E-state index in [2.05, 4.69) is 10.6 Å². The maximum absolute atomic E-state index is 11.9. The highest BCUT2D eigenvalue weighted by Gasteiger charge is 2.15. The van der Waals surface area contributed by atoms with Gasteiger partial charge >= 0.3 is 0 Å². The third-order valence-electron chi connectivity index (χ3n) is 2.74. The number of halogens is 1. The van der Waals surface area contributed by atoms with Crippen molar-refractivity contribution < 1.29 is 4.79 Å². The Bertz CT molecular complexity index is 391. The minimum absolute atomic E-state index is 0.131. The van der Waals surface area contributed by atoms with Gasteiger partial charge in [0.25, 0.3) is 0 Å². The van der Waals surface area contributed by atoms with Gasteiger partial charge in [-0.3, -0.25) is 4.79 Å². The van der Waals surface area contributed by atoms with Crippen molar-refractivity contribution in [3.63, 3.8) is 0 Å². The first-order valence-corrected chi connectivity index (χ1v) is 6.11. The van der Waals surface area contributed by atoms with Crippen molar-refractivity contribution >= 4 is 23.2 Å². The minimum atomic E-state index is 0.131. The van der Waals surface area contributed by atoms with Crippen LogP contribution in [0.25, 0.3) is 0 Å². The molecule has 0 unspecified atom stereocenters. The molecule has 1 aliphatic heterocycles. The van der Waals surface area contributed by atoms with E-state index >= 15 is 0 Å². The van der Waals surface area contributed by atoms with Crippen molar-refractivity contribution in [2.24, 2.45) is 0 Å². The summed E-state index contributed by atoms with van der Waals surface area (Å²) in [6.07, 6.45) is 0. The van der Waals surface area contributed by atoms with Gasteiger partial charge in [0.05, 0.1) is 6.54 Å². The van der Waals surface area contributed by atoms with Crippen LogP contribution in [-0.2, 0) is 4.79 Å². The van der Waals surface area contributed by atoms with Gasteiger partial charge in [0.15, 0.2) is 0 Å². The molecule has 4 nitrogen and oxygen atoms in total. The molecule has 1 fully saturated rings. The molecule has 2 rings (SSSR count). The van der Waals surface area contributed by atoms with Crippen molar-refractivity contribution in [3.8, 4) is 0 Å². The lowest BCUT2D eigenvalue weighted by Gasteiger charge is -2.27. The average Bonchev–Trinajstić information content (AvgIpc) is 2.37. The van der Waals surface area contributed by atoms with Crippen LogP contribution in [0.3, 0.4) is 0 Å². The number of rotatable bonds is 3. The van der Waals surface area contributed by atoms with Crippen LogP contribution in [0.1, 0.15) is 0 Å².